The fraction of sp³-hybridized carbons (Fsp3) is 0.286. The summed E-state index contributed by atoms with van der Waals surface area (Å²) in [7, 11) is 0. The highest BCUT2D eigenvalue weighted by atomic mass is 35.5. The quantitative estimate of drug-likeness (QED) is 0.300. The van der Waals surface area contributed by atoms with Crippen LogP contribution >= 0.6 is 11.6 Å². The lowest BCUT2D eigenvalue weighted by Gasteiger charge is -2.38. The SMILES string of the molecule is Cc1cc(Cl)cc(C)c1-n1cc(-c2nc([C@]3(O)C[C@@H](O)[C@@H](O)[C@H](O)C3)oc2-c2ccc(F)cc2F)ccc1=O. The molecule has 0 saturated heterocycles. The number of nitrogens with zero attached hydrogens (tertiary/aromatic N) is 2. The zero-order valence-electron chi connectivity index (χ0n) is 20.9. The zero-order chi connectivity index (χ0) is 28.2. The van der Waals surface area contributed by atoms with Gasteiger partial charge >= 0.3 is 0 Å². The standard InChI is InChI=1S/C28H25ClF2N2O6/c1-13-7-16(29)8-14(2)24(13)33-12-15(3-6-22(33)36)23-26(18-5-4-17(30)9-19(18)31)39-27(32-23)28(38)10-20(34)25(37)21(35)11-28/h3-9,12,20-21,25,34-35,37-38H,10-11H2,1-2H3/t20-,21-,25-,28+/m1/s1. The first-order valence-electron chi connectivity index (χ1n) is 12.1. The highest BCUT2D eigenvalue weighted by Gasteiger charge is 2.48. The maximum atomic E-state index is 14.9. The number of halogens is 3. The van der Waals surface area contributed by atoms with Crippen LogP contribution in [-0.4, -0.2) is 48.3 Å². The third kappa shape index (κ3) is 4.90. The molecule has 4 aromatic rings. The Bertz CT molecular complexity index is 1600. The third-order valence-corrected chi connectivity index (χ3v) is 7.18. The molecule has 0 unspecified atom stereocenters. The average molecular weight is 559 g/mol. The molecule has 2 aromatic carbocycles. The molecule has 8 nitrogen and oxygen atoms in total. The first kappa shape index (κ1) is 27.2. The molecule has 39 heavy (non-hydrogen) atoms. The van der Waals surface area contributed by atoms with Crippen molar-refractivity contribution >= 4 is 11.6 Å². The molecule has 2 atom stereocenters. The topological polar surface area (TPSA) is 129 Å². The Hall–Kier alpha value is -3.41. The number of benzene rings is 2. The Labute approximate surface area is 226 Å². The number of hydrogen-bond acceptors (Lipinski definition) is 7. The van der Waals surface area contributed by atoms with E-state index in [1.807, 2.05) is 0 Å². The monoisotopic (exact) mass is 558 g/mol. The van der Waals surface area contributed by atoms with E-state index in [9.17, 15) is 34.0 Å². The van der Waals surface area contributed by atoms with Gasteiger partial charge in [0.25, 0.3) is 5.56 Å². The average Bonchev–Trinajstić information content (AvgIpc) is 3.29. The van der Waals surface area contributed by atoms with Gasteiger partial charge in [0.15, 0.2) is 5.76 Å². The van der Waals surface area contributed by atoms with Gasteiger partial charge in [0, 0.05) is 41.8 Å². The summed E-state index contributed by atoms with van der Waals surface area (Å²) in [6, 6.07) is 9.01. The Morgan fingerprint density at radius 2 is 1.67 bits per heavy atom. The molecule has 2 aromatic heterocycles. The summed E-state index contributed by atoms with van der Waals surface area (Å²) in [6.45, 7) is 3.59. The number of aliphatic hydroxyl groups excluding tert-OH is 3. The molecule has 204 valence electrons. The molecule has 0 radical (unpaired) electrons. The number of oxazole rings is 1. The van der Waals surface area contributed by atoms with Crippen LogP contribution in [0.5, 0.6) is 0 Å². The van der Waals surface area contributed by atoms with Crippen LogP contribution in [0.1, 0.15) is 29.9 Å². The van der Waals surface area contributed by atoms with Crippen LogP contribution < -0.4 is 5.56 Å². The van der Waals surface area contributed by atoms with E-state index in [4.69, 9.17) is 16.0 Å². The van der Waals surface area contributed by atoms with Gasteiger partial charge in [-0.05, 0) is 55.3 Å². The summed E-state index contributed by atoms with van der Waals surface area (Å²) in [5, 5.41) is 42.2. The second-order valence-corrected chi connectivity index (χ2v) is 10.3. The summed E-state index contributed by atoms with van der Waals surface area (Å²) in [6.07, 6.45) is -3.81. The molecule has 11 heteroatoms. The van der Waals surface area contributed by atoms with Gasteiger partial charge in [-0.15, -0.1) is 0 Å². The van der Waals surface area contributed by atoms with E-state index in [1.54, 1.807) is 26.0 Å². The smallest absolute Gasteiger partial charge is 0.255 e. The number of aliphatic hydroxyl groups is 4. The minimum atomic E-state index is -2.01. The van der Waals surface area contributed by atoms with Gasteiger partial charge in [0.05, 0.1) is 23.5 Å². The van der Waals surface area contributed by atoms with E-state index in [-0.39, 0.29) is 28.5 Å². The van der Waals surface area contributed by atoms with Crippen molar-refractivity contribution in [3.8, 4) is 28.3 Å². The molecule has 2 heterocycles. The van der Waals surface area contributed by atoms with Gasteiger partial charge in [-0.25, -0.2) is 13.8 Å². The normalized spacial score (nSPS) is 23.3. The molecule has 1 aliphatic carbocycles. The van der Waals surface area contributed by atoms with Crippen LogP contribution in [0, 0.1) is 25.5 Å². The molecule has 0 bridgehead atoms. The van der Waals surface area contributed by atoms with E-state index >= 15 is 0 Å². The molecular weight excluding hydrogens is 534 g/mol. The van der Waals surface area contributed by atoms with Crippen molar-refractivity contribution in [2.45, 2.75) is 50.6 Å². The highest BCUT2D eigenvalue weighted by molar-refractivity contribution is 6.30. The lowest BCUT2D eigenvalue weighted by molar-refractivity contribution is -0.165. The van der Waals surface area contributed by atoms with Crippen molar-refractivity contribution in [2.75, 3.05) is 0 Å². The fourth-order valence-corrected chi connectivity index (χ4v) is 5.43. The Kier molecular flexibility index (Phi) is 6.94. The van der Waals surface area contributed by atoms with Gasteiger partial charge in [-0.3, -0.25) is 9.36 Å². The minimum Gasteiger partial charge on any atom is -0.437 e. The van der Waals surface area contributed by atoms with E-state index in [1.165, 1.54) is 22.9 Å². The van der Waals surface area contributed by atoms with E-state index < -0.39 is 48.4 Å². The van der Waals surface area contributed by atoms with Crippen LogP contribution in [-0.2, 0) is 5.60 Å². The number of pyridine rings is 1. The molecule has 1 saturated carbocycles. The van der Waals surface area contributed by atoms with Crippen LogP contribution in [0.15, 0.2) is 57.9 Å². The van der Waals surface area contributed by atoms with Gasteiger partial charge < -0.3 is 24.8 Å². The number of aryl methyl sites for hydroxylation is 2. The molecule has 0 amide bonds. The molecule has 1 fully saturated rings. The van der Waals surface area contributed by atoms with Gasteiger partial charge in [0.1, 0.15) is 29.0 Å². The van der Waals surface area contributed by atoms with E-state index in [0.717, 1.165) is 23.3 Å². The molecule has 1 aliphatic rings. The Morgan fingerprint density at radius 1 is 1.03 bits per heavy atom. The van der Waals surface area contributed by atoms with Gasteiger partial charge in [0.2, 0.25) is 5.89 Å². The Balaban J connectivity index is 1.72. The first-order chi connectivity index (χ1) is 18.4. The van der Waals surface area contributed by atoms with Crippen LogP contribution in [0.2, 0.25) is 5.02 Å². The van der Waals surface area contributed by atoms with Gasteiger partial charge in [-0.1, -0.05) is 11.6 Å². The Morgan fingerprint density at radius 3 is 2.28 bits per heavy atom. The van der Waals surface area contributed by atoms with Crippen molar-refractivity contribution < 1.29 is 33.6 Å². The summed E-state index contributed by atoms with van der Waals surface area (Å²) >= 11 is 6.16. The van der Waals surface area contributed by atoms with Crippen LogP contribution in [0.4, 0.5) is 8.78 Å². The van der Waals surface area contributed by atoms with Crippen molar-refractivity contribution in [1.82, 2.24) is 9.55 Å². The first-order valence-corrected chi connectivity index (χ1v) is 12.5. The number of hydrogen-bond donors (Lipinski definition) is 4. The predicted octanol–water partition coefficient (Wildman–Crippen LogP) is 3.77. The van der Waals surface area contributed by atoms with Crippen molar-refractivity contribution in [3.05, 3.63) is 92.7 Å². The summed E-state index contributed by atoms with van der Waals surface area (Å²) < 4.78 is 35.9. The summed E-state index contributed by atoms with van der Waals surface area (Å²) in [5.74, 6) is -2.28. The van der Waals surface area contributed by atoms with Crippen molar-refractivity contribution in [1.29, 1.82) is 0 Å². The second kappa shape index (κ2) is 9.96. The molecule has 0 aliphatic heterocycles. The van der Waals surface area contributed by atoms with Crippen molar-refractivity contribution in [2.24, 2.45) is 0 Å². The molecule has 0 spiro atoms. The van der Waals surface area contributed by atoms with Crippen molar-refractivity contribution in [3.63, 3.8) is 0 Å². The minimum absolute atomic E-state index is 0.0251. The highest BCUT2D eigenvalue weighted by Crippen LogP contribution is 2.42. The third-order valence-electron chi connectivity index (χ3n) is 6.96. The lowest BCUT2D eigenvalue weighted by atomic mass is 9.79. The van der Waals surface area contributed by atoms with Crippen LogP contribution in [0.3, 0.4) is 0 Å². The summed E-state index contributed by atoms with van der Waals surface area (Å²) in [4.78, 5) is 17.3. The molecule has 5 rings (SSSR count). The summed E-state index contributed by atoms with van der Waals surface area (Å²) in [5.41, 5.74) is -0.186. The maximum absolute atomic E-state index is 14.9. The predicted molar refractivity (Wildman–Crippen MR) is 139 cm³/mol. The van der Waals surface area contributed by atoms with Gasteiger partial charge in [-0.2, -0.15) is 0 Å². The van der Waals surface area contributed by atoms with Crippen LogP contribution in [0.25, 0.3) is 28.3 Å². The largest absolute Gasteiger partial charge is 0.437 e. The molecule has 4 N–H and O–H groups in total. The number of rotatable bonds is 4. The lowest BCUT2D eigenvalue weighted by Crippen LogP contribution is -2.51. The number of aromatic nitrogens is 2. The second-order valence-electron chi connectivity index (χ2n) is 9.90. The fourth-order valence-electron chi connectivity index (χ4n) is 5.10. The zero-order valence-corrected chi connectivity index (χ0v) is 21.7. The van der Waals surface area contributed by atoms with E-state index in [0.29, 0.717) is 22.3 Å². The van der Waals surface area contributed by atoms with E-state index in [2.05, 4.69) is 4.98 Å². The maximum Gasteiger partial charge on any atom is 0.255 e. The molecular formula is C28H25ClF2N2O6.